The number of nitrogens with zero attached hydrogens (tertiary/aromatic N) is 1. The molecule has 3 rings (SSSR count). The highest BCUT2D eigenvalue weighted by Gasteiger charge is 2.07. The maximum Gasteiger partial charge on any atom is 0.144 e. The number of fused-ring (bicyclic) bond motifs is 1. The number of aromatic nitrogens is 1. The van der Waals surface area contributed by atoms with Gasteiger partial charge < -0.3 is 15.8 Å². The molecule has 0 atom stereocenters. The normalized spacial score (nSPS) is 10.5. The minimum atomic E-state index is 0.589. The average molecular weight is 279 g/mol. The van der Waals surface area contributed by atoms with Gasteiger partial charge in [-0.2, -0.15) is 0 Å². The van der Waals surface area contributed by atoms with E-state index in [1.807, 2.05) is 49.5 Å². The Morgan fingerprint density at radius 3 is 2.76 bits per heavy atom. The van der Waals surface area contributed by atoms with Gasteiger partial charge in [-0.1, -0.05) is 18.2 Å². The molecule has 3 aromatic rings. The SMILES string of the molecule is CCOc1cccc(Nc2cccc3ccncc23)c1N. The third-order valence-corrected chi connectivity index (χ3v) is 3.32. The Morgan fingerprint density at radius 2 is 1.90 bits per heavy atom. The van der Waals surface area contributed by atoms with E-state index < -0.39 is 0 Å². The molecule has 4 heteroatoms. The zero-order chi connectivity index (χ0) is 14.7. The molecular formula is C17H17N3O. The van der Waals surface area contributed by atoms with Gasteiger partial charge in [-0.15, -0.1) is 0 Å². The number of ether oxygens (including phenoxy) is 1. The fourth-order valence-electron chi connectivity index (χ4n) is 2.30. The third-order valence-electron chi connectivity index (χ3n) is 3.32. The molecule has 0 radical (unpaired) electrons. The van der Waals surface area contributed by atoms with Crippen molar-refractivity contribution in [2.24, 2.45) is 0 Å². The number of pyridine rings is 1. The second-order valence-corrected chi connectivity index (χ2v) is 4.68. The van der Waals surface area contributed by atoms with Gasteiger partial charge in [-0.25, -0.2) is 0 Å². The zero-order valence-electron chi connectivity index (χ0n) is 11.8. The summed E-state index contributed by atoms with van der Waals surface area (Å²) in [7, 11) is 0. The van der Waals surface area contributed by atoms with Gasteiger partial charge in [0.25, 0.3) is 0 Å². The van der Waals surface area contributed by atoms with Crippen molar-refractivity contribution < 1.29 is 4.74 Å². The van der Waals surface area contributed by atoms with Crippen molar-refractivity contribution in [1.29, 1.82) is 0 Å². The van der Waals surface area contributed by atoms with Gasteiger partial charge in [0.2, 0.25) is 0 Å². The molecule has 1 aromatic heterocycles. The average Bonchev–Trinajstić information content (AvgIpc) is 2.52. The Balaban J connectivity index is 2.01. The predicted molar refractivity (Wildman–Crippen MR) is 87.0 cm³/mol. The molecule has 0 bridgehead atoms. The topological polar surface area (TPSA) is 60.2 Å². The first-order valence-electron chi connectivity index (χ1n) is 6.90. The molecule has 1 heterocycles. The number of anilines is 3. The molecule has 0 aliphatic heterocycles. The molecule has 0 saturated heterocycles. The van der Waals surface area contributed by atoms with Crippen LogP contribution in [0.3, 0.4) is 0 Å². The van der Waals surface area contributed by atoms with Crippen molar-refractivity contribution in [2.75, 3.05) is 17.7 Å². The van der Waals surface area contributed by atoms with Crippen molar-refractivity contribution in [2.45, 2.75) is 6.92 Å². The lowest BCUT2D eigenvalue weighted by Gasteiger charge is -2.14. The zero-order valence-corrected chi connectivity index (χ0v) is 11.8. The largest absolute Gasteiger partial charge is 0.492 e. The Labute approximate surface area is 123 Å². The van der Waals surface area contributed by atoms with E-state index >= 15 is 0 Å². The lowest BCUT2D eigenvalue weighted by Crippen LogP contribution is -2.01. The number of nitrogens with one attached hydrogen (secondary N) is 1. The Kier molecular flexibility index (Phi) is 3.60. The maximum atomic E-state index is 6.16. The molecule has 3 N–H and O–H groups in total. The predicted octanol–water partition coefficient (Wildman–Crippen LogP) is 3.96. The first-order chi connectivity index (χ1) is 10.3. The summed E-state index contributed by atoms with van der Waals surface area (Å²) in [6.07, 6.45) is 3.64. The molecule has 0 amide bonds. The van der Waals surface area contributed by atoms with Crippen LogP contribution in [0.1, 0.15) is 6.92 Å². The van der Waals surface area contributed by atoms with Crippen LogP contribution in [0.4, 0.5) is 17.1 Å². The minimum Gasteiger partial charge on any atom is -0.492 e. The molecule has 0 aliphatic rings. The van der Waals surface area contributed by atoms with Crippen LogP contribution in [0.25, 0.3) is 10.8 Å². The summed E-state index contributed by atoms with van der Waals surface area (Å²) in [4.78, 5) is 4.19. The molecular weight excluding hydrogens is 262 g/mol. The number of benzene rings is 2. The summed E-state index contributed by atoms with van der Waals surface area (Å²) in [5.74, 6) is 0.695. The van der Waals surface area contributed by atoms with Gasteiger partial charge in [0.1, 0.15) is 5.75 Å². The first-order valence-corrected chi connectivity index (χ1v) is 6.90. The summed E-state index contributed by atoms with van der Waals surface area (Å²) in [6.45, 7) is 2.53. The van der Waals surface area contributed by atoms with E-state index in [9.17, 15) is 0 Å². The highest BCUT2D eigenvalue weighted by molar-refractivity contribution is 5.95. The van der Waals surface area contributed by atoms with E-state index in [0.717, 1.165) is 22.1 Å². The highest BCUT2D eigenvalue weighted by Crippen LogP contribution is 2.33. The number of hydrogen-bond acceptors (Lipinski definition) is 4. The van der Waals surface area contributed by atoms with E-state index in [2.05, 4.69) is 16.4 Å². The van der Waals surface area contributed by atoms with Crippen LogP contribution in [-0.4, -0.2) is 11.6 Å². The summed E-state index contributed by atoms with van der Waals surface area (Å²) in [5, 5.41) is 5.56. The van der Waals surface area contributed by atoms with Crippen LogP contribution in [0, 0.1) is 0 Å². The van der Waals surface area contributed by atoms with Crippen LogP contribution in [0.2, 0.25) is 0 Å². The van der Waals surface area contributed by atoms with Crippen LogP contribution in [0.5, 0.6) is 5.75 Å². The van der Waals surface area contributed by atoms with E-state index in [1.165, 1.54) is 0 Å². The molecule has 0 aliphatic carbocycles. The monoisotopic (exact) mass is 279 g/mol. The summed E-state index contributed by atoms with van der Waals surface area (Å²) >= 11 is 0. The lowest BCUT2D eigenvalue weighted by molar-refractivity contribution is 0.342. The molecule has 0 unspecified atom stereocenters. The second-order valence-electron chi connectivity index (χ2n) is 4.68. The van der Waals surface area contributed by atoms with E-state index in [0.29, 0.717) is 18.0 Å². The van der Waals surface area contributed by atoms with Crippen molar-refractivity contribution >= 4 is 27.8 Å². The quantitative estimate of drug-likeness (QED) is 0.710. The third kappa shape index (κ3) is 2.60. The van der Waals surface area contributed by atoms with Gasteiger partial charge in [0.15, 0.2) is 0 Å². The summed E-state index contributed by atoms with van der Waals surface area (Å²) in [5.41, 5.74) is 8.57. The number of nitrogen functional groups attached to an aromatic ring is 1. The molecule has 0 saturated carbocycles. The van der Waals surface area contributed by atoms with Gasteiger partial charge in [-0.3, -0.25) is 4.98 Å². The smallest absolute Gasteiger partial charge is 0.144 e. The number of para-hydroxylation sites is 1. The summed E-state index contributed by atoms with van der Waals surface area (Å²) < 4.78 is 5.53. The Hall–Kier alpha value is -2.75. The van der Waals surface area contributed by atoms with E-state index in [-0.39, 0.29) is 0 Å². The molecule has 106 valence electrons. The minimum absolute atomic E-state index is 0.589. The molecule has 0 fully saturated rings. The Morgan fingerprint density at radius 1 is 1.10 bits per heavy atom. The standard InChI is InChI=1S/C17H17N3O/c1-2-21-16-8-4-7-15(17(16)18)20-14-6-3-5-12-9-10-19-11-13(12)14/h3-11,20H,2,18H2,1H3. The van der Waals surface area contributed by atoms with Crippen molar-refractivity contribution in [1.82, 2.24) is 4.98 Å². The number of hydrogen-bond donors (Lipinski definition) is 2. The number of nitrogens with two attached hydrogens (primary N) is 1. The fraction of sp³-hybridized carbons (Fsp3) is 0.118. The maximum absolute atomic E-state index is 6.16. The van der Waals surface area contributed by atoms with Crippen molar-refractivity contribution in [3.63, 3.8) is 0 Å². The van der Waals surface area contributed by atoms with Crippen molar-refractivity contribution in [3.8, 4) is 5.75 Å². The van der Waals surface area contributed by atoms with Crippen LogP contribution in [-0.2, 0) is 0 Å². The van der Waals surface area contributed by atoms with Gasteiger partial charge in [0, 0.05) is 23.5 Å². The van der Waals surface area contributed by atoms with Gasteiger partial charge >= 0.3 is 0 Å². The summed E-state index contributed by atoms with van der Waals surface area (Å²) in [6, 6.07) is 13.8. The molecule has 4 nitrogen and oxygen atoms in total. The Bertz CT molecular complexity index is 766. The fourth-order valence-corrected chi connectivity index (χ4v) is 2.30. The highest BCUT2D eigenvalue weighted by atomic mass is 16.5. The van der Waals surface area contributed by atoms with Crippen LogP contribution >= 0.6 is 0 Å². The van der Waals surface area contributed by atoms with E-state index in [1.54, 1.807) is 6.20 Å². The van der Waals surface area contributed by atoms with Crippen LogP contribution in [0.15, 0.2) is 54.9 Å². The first kappa shape index (κ1) is 13.2. The molecule has 2 aromatic carbocycles. The van der Waals surface area contributed by atoms with Crippen molar-refractivity contribution in [3.05, 3.63) is 54.9 Å². The molecule has 21 heavy (non-hydrogen) atoms. The lowest BCUT2D eigenvalue weighted by atomic mass is 10.1. The van der Waals surface area contributed by atoms with E-state index in [4.69, 9.17) is 10.5 Å². The van der Waals surface area contributed by atoms with Gasteiger partial charge in [0.05, 0.1) is 18.0 Å². The van der Waals surface area contributed by atoms with Gasteiger partial charge in [-0.05, 0) is 36.6 Å². The number of rotatable bonds is 4. The molecule has 0 spiro atoms. The second kappa shape index (κ2) is 5.71. The van der Waals surface area contributed by atoms with Crippen LogP contribution < -0.4 is 15.8 Å².